The molecule has 7 nitrogen and oxygen atoms in total. The van der Waals surface area contributed by atoms with Crippen molar-refractivity contribution in [3.05, 3.63) is 57.1 Å². The van der Waals surface area contributed by atoms with Gasteiger partial charge < -0.3 is 9.72 Å². The summed E-state index contributed by atoms with van der Waals surface area (Å²) < 4.78 is 18.5. The monoisotopic (exact) mass is 375 g/mol. The molecule has 0 bridgehead atoms. The van der Waals surface area contributed by atoms with E-state index in [4.69, 9.17) is 4.74 Å². The van der Waals surface area contributed by atoms with Crippen LogP contribution < -0.4 is 10.7 Å². The molecule has 134 valence electrons. The Morgan fingerprint density at radius 1 is 1.38 bits per heavy atom. The van der Waals surface area contributed by atoms with Gasteiger partial charge in [0.05, 0.1) is 24.2 Å². The number of nitrogens with zero attached hydrogens (tertiary/aromatic N) is 1. The van der Waals surface area contributed by atoms with Crippen LogP contribution in [0.4, 0.5) is 9.52 Å². The van der Waals surface area contributed by atoms with Crippen LogP contribution in [0.25, 0.3) is 10.9 Å². The van der Waals surface area contributed by atoms with Crippen LogP contribution in [0.5, 0.6) is 0 Å². The van der Waals surface area contributed by atoms with Crippen LogP contribution in [0.1, 0.15) is 23.0 Å². The number of esters is 1. The van der Waals surface area contributed by atoms with Crippen LogP contribution in [0.2, 0.25) is 0 Å². The lowest BCUT2D eigenvalue weighted by Gasteiger charge is -2.04. The van der Waals surface area contributed by atoms with Crippen molar-refractivity contribution in [2.45, 2.75) is 13.3 Å². The molecule has 0 aliphatic rings. The van der Waals surface area contributed by atoms with Crippen LogP contribution in [0, 0.1) is 5.82 Å². The molecular formula is C17H14FN3O4S. The second kappa shape index (κ2) is 7.44. The van der Waals surface area contributed by atoms with E-state index in [1.807, 2.05) is 0 Å². The minimum atomic E-state index is -0.672. The molecule has 9 heteroatoms. The largest absolute Gasteiger partial charge is 0.466 e. The van der Waals surface area contributed by atoms with Gasteiger partial charge in [-0.1, -0.05) is 6.07 Å². The zero-order valence-electron chi connectivity index (χ0n) is 13.7. The average Bonchev–Trinajstić information content (AvgIpc) is 3.02. The molecule has 1 amide bonds. The summed E-state index contributed by atoms with van der Waals surface area (Å²) >= 11 is 1.12. The zero-order chi connectivity index (χ0) is 18.7. The lowest BCUT2D eigenvalue weighted by molar-refractivity contribution is -0.142. The Morgan fingerprint density at radius 2 is 2.19 bits per heavy atom. The van der Waals surface area contributed by atoms with E-state index in [-0.39, 0.29) is 34.6 Å². The number of carbonyl (C=O) groups is 2. The molecule has 0 saturated carbocycles. The van der Waals surface area contributed by atoms with E-state index < -0.39 is 23.1 Å². The van der Waals surface area contributed by atoms with Crippen molar-refractivity contribution >= 4 is 39.2 Å². The van der Waals surface area contributed by atoms with E-state index in [2.05, 4.69) is 15.3 Å². The highest BCUT2D eigenvalue weighted by atomic mass is 32.1. The Balaban J connectivity index is 1.80. The number of H-pyrrole nitrogens is 1. The summed E-state index contributed by atoms with van der Waals surface area (Å²) in [7, 11) is 0. The number of halogens is 1. The molecule has 2 heterocycles. The smallest absolute Gasteiger partial charge is 0.311 e. The maximum Gasteiger partial charge on any atom is 0.311 e. The molecule has 0 spiro atoms. The Kier molecular flexibility index (Phi) is 5.08. The molecule has 0 fully saturated rings. The van der Waals surface area contributed by atoms with Crippen molar-refractivity contribution in [2.24, 2.45) is 0 Å². The third-order valence-corrected chi connectivity index (χ3v) is 4.32. The van der Waals surface area contributed by atoms with E-state index in [0.29, 0.717) is 5.69 Å². The number of carbonyl (C=O) groups excluding carboxylic acids is 2. The van der Waals surface area contributed by atoms with Gasteiger partial charge in [0.1, 0.15) is 11.4 Å². The molecule has 0 unspecified atom stereocenters. The van der Waals surface area contributed by atoms with Crippen LogP contribution >= 0.6 is 11.3 Å². The quantitative estimate of drug-likeness (QED) is 0.667. The zero-order valence-corrected chi connectivity index (χ0v) is 14.5. The molecule has 3 aromatic rings. The standard InChI is InChI=1S/C17H14FN3O4S/c1-2-25-13(22)6-9-8-26-17(20-9)21-16(24)11-7-19-14-10(15(11)23)4-3-5-12(14)18/h3-5,7-8H,2,6H2,1H3,(H,19,23)(H,20,21,24). The topological polar surface area (TPSA) is 101 Å². The van der Waals surface area contributed by atoms with Gasteiger partial charge in [0, 0.05) is 17.0 Å². The van der Waals surface area contributed by atoms with Gasteiger partial charge in [-0.25, -0.2) is 9.37 Å². The van der Waals surface area contributed by atoms with Crippen molar-refractivity contribution in [2.75, 3.05) is 11.9 Å². The molecule has 2 aromatic heterocycles. The highest BCUT2D eigenvalue weighted by molar-refractivity contribution is 7.14. The Hall–Kier alpha value is -3.07. The number of fused-ring (bicyclic) bond motifs is 1. The first-order valence-corrected chi connectivity index (χ1v) is 8.59. The van der Waals surface area contributed by atoms with Gasteiger partial charge in [0.15, 0.2) is 5.13 Å². The van der Waals surface area contributed by atoms with E-state index in [1.54, 1.807) is 12.3 Å². The number of ether oxygens (including phenoxy) is 1. The molecule has 1 aromatic carbocycles. The average molecular weight is 375 g/mol. The number of pyridine rings is 1. The summed E-state index contributed by atoms with van der Waals surface area (Å²) in [5.74, 6) is -1.66. The minimum Gasteiger partial charge on any atom is -0.466 e. The number of rotatable bonds is 5. The summed E-state index contributed by atoms with van der Waals surface area (Å²) in [5, 5.41) is 4.45. The van der Waals surface area contributed by atoms with Gasteiger partial charge in [-0.3, -0.25) is 19.7 Å². The van der Waals surface area contributed by atoms with Crippen LogP contribution in [-0.2, 0) is 16.0 Å². The molecular weight excluding hydrogens is 361 g/mol. The molecule has 3 rings (SSSR count). The summed E-state index contributed by atoms with van der Waals surface area (Å²) in [6.45, 7) is 1.98. The molecule has 2 N–H and O–H groups in total. The predicted molar refractivity (Wildman–Crippen MR) is 94.9 cm³/mol. The number of benzene rings is 1. The summed E-state index contributed by atoms with van der Waals surface area (Å²) in [6.07, 6.45) is 1.16. The number of aromatic amines is 1. The number of anilines is 1. The number of hydrogen-bond donors (Lipinski definition) is 2. The maximum atomic E-state index is 13.7. The molecule has 0 saturated heterocycles. The third-order valence-electron chi connectivity index (χ3n) is 3.51. The number of nitrogens with one attached hydrogen (secondary N) is 2. The number of hydrogen-bond acceptors (Lipinski definition) is 6. The van der Waals surface area contributed by atoms with Gasteiger partial charge in [-0.2, -0.15) is 0 Å². The third kappa shape index (κ3) is 3.62. The lowest BCUT2D eigenvalue weighted by atomic mass is 10.1. The molecule has 0 atom stereocenters. The summed E-state index contributed by atoms with van der Waals surface area (Å²) in [4.78, 5) is 42.9. The van der Waals surface area contributed by atoms with Gasteiger partial charge in [-0.05, 0) is 19.1 Å². The van der Waals surface area contributed by atoms with Crippen molar-refractivity contribution < 1.29 is 18.7 Å². The molecule has 26 heavy (non-hydrogen) atoms. The van der Waals surface area contributed by atoms with E-state index in [1.165, 1.54) is 18.2 Å². The van der Waals surface area contributed by atoms with Crippen LogP contribution in [-0.4, -0.2) is 28.5 Å². The first-order chi connectivity index (χ1) is 12.5. The number of para-hydroxylation sites is 1. The highest BCUT2D eigenvalue weighted by Gasteiger charge is 2.16. The fraction of sp³-hybridized carbons (Fsp3) is 0.176. The highest BCUT2D eigenvalue weighted by Crippen LogP contribution is 2.17. The van der Waals surface area contributed by atoms with Gasteiger partial charge in [-0.15, -0.1) is 11.3 Å². The first-order valence-electron chi connectivity index (χ1n) is 7.71. The van der Waals surface area contributed by atoms with E-state index in [0.717, 1.165) is 17.5 Å². The van der Waals surface area contributed by atoms with Crippen LogP contribution in [0.3, 0.4) is 0 Å². The fourth-order valence-corrected chi connectivity index (χ4v) is 3.06. The fourth-order valence-electron chi connectivity index (χ4n) is 2.35. The van der Waals surface area contributed by atoms with Crippen molar-refractivity contribution in [3.63, 3.8) is 0 Å². The van der Waals surface area contributed by atoms with Crippen molar-refractivity contribution in [1.29, 1.82) is 0 Å². The van der Waals surface area contributed by atoms with E-state index >= 15 is 0 Å². The predicted octanol–water partition coefficient (Wildman–Crippen LogP) is 2.48. The van der Waals surface area contributed by atoms with Crippen molar-refractivity contribution in [1.82, 2.24) is 9.97 Å². The van der Waals surface area contributed by atoms with Gasteiger partial charge >= 0.3 is 5.97 Å². The summed E-state index contributed by atoms with van der Waals surface area (Å²) in [5.41, 5.74) is -0.248. The van der Waals surface area contributed by atoms with Gasteiger partial charge in [0.2, 0.25) is 5.43 Å². The van der Waals surface area contributed by atoms with E-state index in [9.17, 15) is 18.8 Å². The van der Waals surface area contributed by atoms with Crippen molar-refractivity contribution in [3.8, 4) is 0 Å². The normalized spacial score (nSPS) is 10.7. The molecule has 0 aliphatic carbocycles. The lowest BCUT2D eigenvalue weighted by Crippen LogP contribution is -2.22. The van der Waals surface area contributed by atoms with Gasteiger partial charge in [0.25, 0.3) is 5.91 Å². The molecule has 0 radical (unpaired) electrons. The maximum absolute atomic E-state index is 13.7. The number of thiazole rings is 1. The first kappa shape index (κ1) is 17.7. The molecule has 0 aliphatic heterocycles. The summed E-state index contributed by atoms with van der Waals surface area (Å²) in [6, 6.07) is 4.06. The Labute approximate surface area is 150 Å². The Morgan fingerprint density at radius 3 is 2.96 bits per heavy atom. The second-order valence-corrected chi connectivity index (χ2v) is 6.13. The number of aromatic nitrogens is 2. The SMILES string of the molecule is CCOC(=O)Cc1csc(NC(=O)c2c[nH]c3c(F)cccc3c2=O)n1. The Bertz CT molecular complexity index is 1040. The second-order valence-electron chi connectivity index (χ2n) is 5.27. The van der Waals surface area contributed by atoms with Crippen LogP contribution in [0.15, 0.2) is 34.6 Å². The minimum absolute atomic E-state index is 0.00392. The number of amides is 1.